The Labute approximate surface area is 94.7 Å². The summed E-state index contributed by atoms with van der Waals surface area (Å²) in [5.74, 6) is 1.65. The van der Waals surface area contributed by atoms with E-state index in [4.69, 9.17) is 10.5 Å². The summed E-state index contributed by atoms with van der Waals surface area (Å²) in [7, 11) is 3.58. The Balaban J connectivity index is 2.33. The van der Waals surface area contributed by atoms with E-state index in [0.29, 0.717) is 0 Å². The number of nitrogens with zero attached hydrogens (tertiary/aromatic N) is 2. The molecule has 1 aromatic heterocycles. The Morgan fingerprint density at radius 2 is 2.25 bits per heavy atom. The normalized spacial score (nSPS) is 12.4. The van der Waals surface area contributed by atoms with Crippen LogP contribution in [0.1, 0.15) is 17.4 Å². The van der Waals surface area contributed by atoms with Crippen LogP contribution in [-0.2, 0) is 7.05 Å². The van der Waals surface area contributed by atoms with Crippen LogP contribution in [0.4, 0.5) is 0 Å². The minimum atomic E-state index is -0.227. The molecule has 0 fully saturated rings. The molecule has 2 N–H and O–H groups in total. The predicted molar refractivity (Wildman–Crippen MR) is 62.2 cm³/mol. The van der Waals surface area contributed by atoms with Crippen LogP contribution in [0.25, 0.3) is 0 Å². The molecule has 84 valence electrons. The molecule has 0 aliphatic rings. The smallest absolute Gasteiger partial charge is 0.129 e. The molecule has 0 bridgehead atoms. The van der Waals surface area contributed by atoms with Crippen molar-refractivity contribution in [1.82, 2.24) is 9.55 Å². The van der Waals surface area contributed by atoms with Gasteiger partial charge in [0.15, 0.2) is 0 Å². The van der Waals surface area contributed by atoms with Gasteiger partial charge in [0, 0.05) is 19.4 Å². The van der Waals surface area contributed by atoms with Gasteiger partial charge in [0.1, 0.15) is 11.6 Å². The molecule has 0 saturated heterocycles. The van der Waals surface area contributed by atoms with E-state index in [9.17, 15) is 0 Å². The van der Waals surface area contributed by atoms with E-state index in [0.717, 1.165) is 17.1 Å². The average Bonchev–Trinajstić information content (AvgIpc) is 2.74. The van der Waals surface area contributed by atoms with Gasteiger partial charge in [-0.25, -0.2) is 4.98 Å². The third kappa shape index (κ3) is 1.92. The monoisotopic (exact) mass is 217 g/mol. The summed E-state index contributed by atoms with van der Waals surface area (Å²) in [4.78, 5) is 4.24. The molecule has 2 rings (SSSR count). The van der Waals surface area contributed by atoms with E-state index in [1.54, 1.807) is 13.3 Å². The summed E-state index contributed by atoms with van der Waals surface area (Å²) >= 11 is 0. The maximum atomic E-state index is 6.15. The molecule has 1 unspecified atom stereocenters. The molecule has 4 heteroatoms. The molecule has 1 atom stereocenters. The molecule has 4 nitrogen and oxygen atoms in total. The number of nitrogens with two attached hydrogens (primary N) is 1. The highest BCUT2D eigenvalue weighted by molar-refractivity contribution is 5.33. The van der Waals surface area contributed by atoms with Crippen molar-refractivity contribution < 1.29 is 4.74 Å². The molecule has 2 aromatic rings. The van der Waals surface area contributed by atoms with Crippen LogP contribution in [-0.4, -0.2) is 16.7 Å². The van der Waals surface area contributed by atoms with Crippen molar-refractivity contribution in [2.75, 3.05) is 7.11 Å². The van der Waals surface area contributed by atoms with Crippen molar-refractivity contribution in [1.29, 1.82) is 0 Å². The van der Waals surface area contributed by atoms with Gasteiger partial charge in [0.25, 0.3) is 0 Å². The SMILES string of the molecule is COc1cccc(C(N)c2nccn2C)c1. The lowest BCUT2D eigenvalue weighted by Crippen LogP contribution is -2.16. The third-order valence-electron chi connectivity index (χ3n) is 2.59. The van der Waals surface area contributed by atoms with Gasteiger partial charge in [-0.3, -0.25) is 0 Å². The van der Waals surface area contributed by atoms with Crippen molar-refractivity contribution in [2.45, 2.75) is 6.04 Å². The minimum Gasteiger partial charge on any atom is -0.497 e. The van der Waals surface area contributed by atoms with Crippen LogP contribution in [0.15, 0.2) is 36.7 Å². The van der Waals surface area contributed by atoms with Crippen LogP contribution >= 0.6 is 0 Å². The van der Waals surface area contributed by atoms with Gasteiger partial charge < -0.3 is 15.0 Å². The molecule has 0 aliphatic heterocycles. The lowest BCUT2D eigenvalue weighted by atomic mass is 10.1. The molecular formula is C12H15N3O. The predicted octanol–water partition coefficient (Wildman–Crippen LogP) is 1.48. The molecule has 0 radical (unpaired) electrons. The van der Waals surface area contributed by atoms with E-state index < -0.39 is 0 Å². The number of benzene rings is 1. The van der Waals surface area contributed by atoms with Crippen molar-refractivity contribution >= 4 is 0 Å². The number of imidazole rings is 1. The van der Waals surface area contributed by atoms with Gasteiger partial charge >= 0.3 is 0 Å². The van der Waals surface area contributed by atoms with E-state index >= 15 is 0 Å². The molecule has 0 amide bonds. The number of hydrogen-bond acceptors (Lipinski definition) is 3. The number of aryl methyl sites for hydroxylation is 1. The van der Waals surface area contributed by atoms with Crippen molar-refractivity contribution in [2.24, 2.45) is 12.8 Å². The summed E-state index contributed by atoms with van der Waals surface area (Å²) in [6.07, 6.45) is 3.63. The quantitative estimate of drug-likeness (QED) is 0.847. The van der Waals surface area contributed by atoms with Gasteiger partial charge in [0.05, 0.1) is 13.2 Å². The van der Waals surface area contributed by atoms with Crippen LogP contribution in [0.3, 0.4) is 0 Å². The van der Waals surface area contributed by atoms with Gasteiger partial charge in [-0.15, -0.1) is 0 Å². The van der Waals surface area contributed by atoms with Gasteiger partial charge in [-0.05, 0) is 17.7 Å². The highest BCUT2D eigenvalue weighted by atomic mass is 16.5. The molecule has 16 heavy (non-hydrogen) atoms. The second-order valence-electron chi connectivity index (χ2n) is 3.65. The highest BCUT2D eigenvalue weighted by Gasteiger charge is 2.13. The summed E-state index contributed by atoms with van der Waals surface area (Å²) in [5, 5.41) is 0. The van der Waals surface area contributed by atoms with Crippen LogP contribution in [0, 0.1) is 0 Å². The largest absolute Gasteiger partial charge is 0.497 e. The summed E-state index contributed by atoms with van der Waals surface area (Å²) in [6.45, 7) is 0. The summed E-state index contributed by atoms with van der Waals surface area (Å²) in [5.41, 5.74) is 7.14. The standard InChI is InChI=1S/C12H15N3O/c1-15-7-6-14-12(15)11(13)9-4-3-5-10(8-9)16-2/h3-8,11H,13H2,1-2H3. The van der Waals surface area contributed by atoms with Crippen molar-refractivity contribution in [3.05, 3.63) is 48.0 Å². The first-order chi connectivity index (χ1) is 7.72. The fourth-order valence-corrected chi connectivity index (χ4v) is 1.66. The Morgan fingerprint density at radius 3 is 2.88 bits per heavy atom. The van der Waals surface area contributed by atoms with E-state index in [-0.39, 0.29) is 6.04 Å². The Morgan fingerprint density at radius 1 is 1.44 bits per heavy atom. The lowest BCUT2D eigenvalue weighted by molar-refractivity contribution is 0.414. The van der Waals surface area contributed by atoms with E-state index in [1.807, 2.05) is 42.1 Å². The average molecular weight is 217 g/mol. The zero-order valence-corrected chi connectivity index (χ0v) is 9.42. The van der Waals surface area contributed by atoms with Crippen molar-refractivity contribution in [3.63, 3.8) is 0 Å². The van der Waals surface area contributed by atoms with Crippen LogP contribution < -0.4 is 10.5 Å². The number of methoxy groups -OCH3 is 1. The second kappa shape index (κ2) is 4.37. The molecule has 0 saturated carbocycles. The highest BCUT2D eigenvalue weighted by Crippen LogP contribution is 2.21. The number of ether oxygens (including phenoxy) is 1. The fourth-order valence-electron chi connectivity index (χ4n) is 1.66. The van der Waals surface area contributed by atoms with E-state index in [2.05, 4.69) is 4.98 Å². The first-order valence-electron chi connectivity index (χ1n) is 5.09. The Kier molecular flexibility index (Phi) is 2.92. The summed E-state index contributed by atoms with van der Waals surface area (Å²) in [6, 6.07) is 7.50. The zero-order chi connectivity index (χ0) is 11.5. The van der Waals surface area contributed by atoms with Crippen molar-refractivity contribution in [3.8, 4) is 5.75 Å². The molecule has 1 heterocycles. The number of aromatic nitrogens is 2. The fraction of sp³-hybridized carbons (Fsp3) is 0.250. The zero-order valence-electron chi connectivity index (χ0n) is 9.42. The number of rotatable bonds is 3. The molecule has 0 spiro atoms. The molecular weight excluding hydrogens is 202 g/mol. The minimum absolute atomic E-state index is 0.227. The lowest BCUT2D eigenvalue weighted by Gasteiger charge is -2.12. The number of hydrogen-bond donors (Lipinski definition) is 1. The first-order valence-corrected chi connectivity index (χ1v) is 5.09. The van der Waals surface area contributed by atoms with E-state index in [1.165, 1.54) is 0 Å². The maximum absolute atomic E-state index is 6.15. The third-order valence-corrected chi connectivity index (χ3v) is 2.59. The molecule has 0 aliphatic carbocycles. The van der Waals surface area contributed by atoms with Gasteiger partial charge in [0.2, 0.25) is 0 Å². The van der Waals surface area contributed by atoms with Crippen LogP contribution in [0.5, 0.6) is 5.75 Å². The Bertz CT molecular complexity index is 479. The summed E-state index contributed by atoms with van der Waals surface area (Å²) < 4.78 is 7.09. The molecule has 1 aromatic carbocycles. The Hall–Kier alpha value is -1.81. The second-order valence-corrected chi connectivity index (χ2v) is 3.65. The van der Waals surface area contributed by atoms with Gasteiger partial charge in [-0.2, -0.15) is 0 Å². The topological polar surface area (TPSA) is 53.1 Å². The maximum Gasteiger partial charge on any atom is 0.129 e. The van der Waals surface area contributed by atoms with Crippen LogP contribution in [0.2, 0.25) is 0 Å². The van der Waals surface area contributed by atoms with Gasteiger partial charge in [-0.1, -0.05) is 12.1 Å². The first kappa shape index (κ1) is 10.7.